The van der Waals surface area contributed by atoms with Gasteiger partial charge in [-0.25, -0.2) is 0 Å². The lowest BCUT2D eigenvalue weighted by Gasteiger charge is -2.18. The van der Waals surface area contributed by atoms with Crippen molar-refractivity contribution in [1.29, 1.82) is 0 Å². The first kappa shape index (κ1) is 76.5. The number of ether oxygens (including phenoxy) is 3. The van der Waals surface area contributed by atoms with Crippen LogP contribution < -0.4 is 0 Å². The Bertz CT molecular complexity index is 2130. The molecule has 0 heterocycles. The molecule has 0 aromatic heterocycles. The molecule has 0 aliphatic heterocycles. The van der Waals surface area contributed by atoms with Crippen molar-refractivity contribution in [1.82, 2.24) is 0 Å². The van der Waals surface area contributed by atoms with E-state index in [9.17, 15) is 14.4 Å². The maximum absolute atomic E-state index is 12.9. The Balaban J connectivity index is 4.59. The molecule has 1 atom stereocenters. The third-order valence-corrected chi connectivity index (χ3v) is 12.1. The van der Waals surface area contributed by atoms with Crippen LogP contribution in [0.25, 0.3) is 0 Å². The minimum atomic E-state index is -0.862. The Morgan fingerprint density at radius 3 is 0.699 bits per heavy atom. The summed E-state index contributed by atoms with van der Waals surface area (Å²) in [4.78, 5) is 38.3. The molecule has 6 nitrogen and oxygen atoms in total. The lowest BCUT2D eigenvalue weighted by molar-refractivity contribution is -0.167. The standard InChI is InChI=1S/C77H112O6/c1-4-7-10-13-16-19-22-25-28-31-32-33-34-35-36-37-38-39-40-41-42-43-44-47-49-52-55-58-61-64-67-70-76(79)82-73-74(83-77(80)71-68-65-62-59-56-53-50-46-30-27-24-21-18-15-12-9-6-3)72-81-75(78)69-66-63-60-57-54-51-48-45-29-26-23-20-17-14-11-8-5-2/h7-12,16-21,25-30,32-33,35-36,38-39,41-42,44,47-48,50-53,55,57,59-60,62,74H,4-6,13-15,22-24,31,34,37,40,43,45-46,49,54,56,58,61,63-73H2,1-3H3/b10-7-,11-8-,12-9-,19-16-,20-17-,21-18-,28-25-,29-26-,30-27-,33-32-,36-35-,39-38-,42-41-,47-44-,51-48-,53-50-,55-52-,60-57-,62-59-. The Morgan fingerprint density at radius 2 is 0.446 bits per heavy atom. The summed E-state index contributed by atoms with van der Waals surface area (Å²) in [6.07, 6.45) is 108. The summed E-state index contributed by atoms with van der Waals surface area (Å²) in [5, 5.41) is 0. The molecular weight excluding hydrogens is 1020 g/mol. The van der Waals surface area contributed by atoms with Gasteiger partial charge in [0.1, 0.15) is 13.2 Å². The largest absolute Gasteiger partial charge is 0.462 e. The molecule has 0 N–H and O–H groups in total. The van der Waals surface area contributed by atoms with Crippen LogP contribution >= 0.6 is 0 Å². The summed E-state index contributed by atoms with van der Waals surface area (Å²) in [5.74, 6) is -1.12. The molecule has 0 aliphatic carbocycles. The fourth-order valence-electron chi connectivity index (χ4n) is 7.50. The number of allylic oxidation sites excluding steroid dienone is 38. The van der Waals surface area contributed by atoms with E-state index in [2.05, 4.69) is 252 Å². The zero-order valence-electron chi connectivity index (χ0n) is 52.1. The summed E-state index contributed by atoms with van der Waals surface area (Å²) in [6.45, 7) is 6.14. The van der Waals surface area contributed by atoms with Crippen LogP contribution in [0.2, 0.25) is 0 Å². The van der Waals surface area contributed by atoms with E-state index in [1.807, 2.05) is 0 Å². The molecule has 0 radical (unpaired) electrons. The predicted octanol–water partition coefficient (Wildman–Crippen LogP) is 22.3. The van der Waals surface area contributed by atoms with Crippen molar-refractivity contribution in [2.45, 2.75) is 219 Å². The van der Waals surface area contributed by atoms with Gasteiger partial charge in [-0.3, -0.25) is 14.4 Å². The van der Waals surface area contributed by atoms with Crippen molar-refractivity contribution in [3.05, 3.63) is 231 Å². The van der Waals surface area contributed by atoms with E-state index in [0.717, 1.165) is 154 Å². The van der Waals surface area contributed by atoms with Crippen LogP contribution in [0.5, 0.6) is 0 Å². The number of hydrogen-bond acceptors (Lipinski definition) is 6. The van der Waals surface area contributed by atoms with Gasteiger partial charge in [0, 0.05) is 19.3 Å². The van der Waals surface area contributed by atoms with Gasteiger partial charge in [0.15, 0.2) is 6.10 Å². The predicted molar refractivity (Wildman–Crippen MR) is 361 cm³/mol. The van der Waals surface area contributed by atoms with Gasteiger partial charge in [-0.1, -0.05) is 258 Å². The molecule has 0 aromatic carbocycles. The maximum Gasteiger partial charge on any atom is 0.306 e. The van der Waals surface area contributed by atoms with E-state index in [-0.39, 0.29) is 44.4 Å². The van der Waals surface area contributed by atoms with Gasteiger partial charge in [-0.15, -0.1) is 0 Å². The third kappa shape index (κ3) is 66.2. The van der Waals surface area contributed by atoms with Crippen molar-refractivity contribution in [2.75, 3.05) is 13.2 Å². The fraction of sp³-hybridized carbons (Fsp3) is 0.468. The number of carbonyl (C=O) groups excluding carboxylic acids is 3. The van der Waals surface area contributed by atoms with Crippen LogP contribution in [0.4, 0.5) is 0 Å². The first-order valence-corrected chi connectivity index (χ1v) is 31.9. The quantitative estimate of drug-likeness (QED) is 0.0261. The summed E-state index contributed by atoms with van der Waals surface area (Å²) < 4.78 is 16.8. The summed E-state index contributed by atoms with van der Waals surface area (Å²) in [5.41, 5.74) is 0. The van der Waals surface area contributed by atoms with Gasteiger partial charge >= 0.3 is 17.9 Å². The second kappa shape index (κ2) is 68.0. The number of hydrogen-bond donors (Lipinski definition) is 0. The van der Waals surface area contributed by atoms with Crippen LogP contribution in [0.3, 0.4) is 0 Å². The zero-order valence-corrected chi connectivity index (χ0v) is 52.1. The van der Waals surface area contributed by atoms with Gasteiger partial charge in [0.2, 0.25) is 0 Å². The molecule has 6 heteroatoms. The summed E-state index contributed by atoms with van der Waals surface area (Å²) in [7, 11) is 0. The Hall–Kier alpha value is -6.53. The second-order valence-electron chi connectivity index (χ2n) is 19.8. The van der Waals surface area contributed by atoms with E-state index >= 15 is 0 Å². The number of esters is 3. The van der Waals surface area contributed by atoms with E-state index in [0.29, 0.717) is 19.3 Å². The second-order valence-corrected chi connectivity index (χ2v) is 19.8. The summed E-state index contributed by atoms with van der Waals surface area (Å²) >= 11 is 0. The highest BCUT2D eigenvalue weighted by molar-refractivity contribution is 5.71. The average Bonchev–Trinajstić information content (AvgIpc) is 3.49. The first-order chi connectivity index (χ1) is 41.0. The number of carbonyl (C=O) groups is 3. The third-order valence-electron chi connectivity index (χ3n) is 12.1. The molecule has 0 amide bonds. The van der Waals surface area contributed by atoms with Crippen LogP contribution in [0.1, 0.15) is 213 Å². The van der Waals surface area contributed by atoms with E-state index in [4.69, 9.17) is 14.2 Å². The molecule has 83 heavy (non-hydrogen) atoms. The van der Waals surface area contributed by atoms with Crippen LogP contribution in [0.15, 0.2) is 231 Å². The van der Waals surface area contributed by atoms with Gasteiger partial charge in [0.05, 0.1) is 0 Å². The molecular formula is C77H112O6. The molecule has 456 valence electrons. The Morgan fingerprint density at radius 1 is 0.241 bits per heavy atom. The highest BCUT2D eigenvalue weighted by Gasteiger charge is 2.19. The molecule has 0 bridgehead atoms. The SMILES string of the molecule is CC/C=C\C/C=C\C/C=C\C/C=C\C/C=C\C/C=C\C/C=C\C/C=C\C/C=C\CCCCCC(=O)OCC(COC(=O)CCC/C=C\C/C=C\C/C=C\C/C=C\C/C=C\CC)OC(=O)CCC/C=C\C/C=C\C/C=C\C/C=C\C/C=C\CC. The minimum Gasteiger partial charge on any atom is -0.462 e. The van der Waals surface area contributed by atoms with E-state index in [1.54, 1.807) is 0 Å². The minimum absolute atomic E-state index is 0.151. The molecule has 0 rings (SSSR count). The zero-order chi connectivity index (χ0) is 59.9. The molecule has 1 unspecified atom stereocenters. The van der Waals surface area contributed by atoms with E-state index in [1.165, 1.54) is 0 Å². The van der Waals surface area contributed by atoms with Gasteiger partial charge in [-0.2, -0.15) is 0 Å². The van der Waals surface area contributed by atoms with Crippen LogP contribution in [0, 0.1) is 0 Å². The smallest absolute Gasteiger partial charge is 0.306 e. The van der Waals surface area contributed by atoms with Gasteiger partial charge in [-0.05, 0) is 167 Å². The monoisotopic (exact) mass is 1130 g/mol. The van der Waals surface area contributed by atoms with Crippen molar-refractivity contribution in [3.63, 3.8) is 0 Å². The van der Waals surface area contributed by atoms with Crippen LogP contribution in [-0.2, 0) is 28.6 Å². The molecule has 0 aromatic rings. The molecule has 0 aliphatic rings. The highest BCUT2D eigenvalue weighted by Crippen LogP contribution is 2.10. The van der Waals surface area contributed by atoms with Crippen molar-refractivity contribution < 1.29 is 28.6 Å². The van der Waals surface area contributed by atoms with E-state index < -0.39 is 12.1 Å². The maximum atomic E-state index is 12.9. The first-order valence-electron chi connectivity index (χ1n) is 31.9. The van der Waals surface area contributed by atoms with Crippen molar-refractivity contribution in [2.24, 2.45) is 0 Å². The Kier molecular flexibility index (Phi) is 62.6. The average molecular weight is 1130 g/mol. The van der Waals surface area contributed by atoms with Crippen molar-refractivity contribution in [3.8, 4) is 0 Å². The molecule has 0 fully saturated rings. The molecule has 0 spiro atoms. The fourth-order valence-corrected chi connectivity index (χ4v) is 7.50. The number of rotatable bonds is 54. The highest BCUT2D eigenvalue weighted by atomic mass is 16.6. The Labute approximate surface area is 507 Å². The summed E-state index contributed by atoms with van der Waals surface area (Å²) in [6, 6.07) is 0. The molecule has 0 saturated carbocycles. The normalized spacial score (nSPS) is 13.7. The molecule has 0 saturated heterocycles. The lowest BCUT2D eigenvalue weighted by Crippen LogP contribution is -2.30. The van der Waals surface area contributed by atoms with Gasteiger partial charge in [0.25, 0.3) is 0 Å². The lowest BCUT2D eigenvalue weighted by atomic mass is 10.1. The van der Waals surface area contributed by atoms with Crippen molar-refractivity contribution >= 4 is 17.9 Å². The number of unbranched alkanes of at least 4 members (excludes halogenated alkanes) is 5. The van der Waals surface area contributed by atoms with Crippen LogP contribution in [-0.4, -0.2) is 37.2 Å². The topological polar surface area (TPSA) is 78.9 Å². The van der Waals surface area contributed by atoms with Gasteiger partial charge < -0.3 is 14.2 Å².